The van der Waals surface area contributed by atoms with Crippen LogP contribution in [0.15, 0.2) is 71.7 Å². The van der Waals surface area contributed by atoms with Gasteiger partial charge in [-0.2, -0.15) is 0 Å². The van der Waals surface area contributed by atoms with Crippen molar-refractivity contribution in [3.63, 3.8) is 0 Å². The molecule has 0 saturated heterocycles. The number of hydrogen-bond donors (Lipinski definition) is 2. The minimum absolute atomic E-state index is 0.414. The van der Waals surface area contributed by atoms with Crippen LogP contribution in [-0.2, 0) is 13.0 Å². The van der Waals surface area contributed by atoms with Gasteiger partial charge in [0.05, 0.1) is 11.8 Å². The molecule has 0 fully saturated rings. The predicted molar refractivity (Wildman–Crippen MR) is 142 cm³/mol. The summed E-state index contributed by atoms with van der Waals surface area (Å²) < 4.78 is 0. The Morgan fingerprint density at radius 3 is 2.52 bits per heavy atom. The van der Waals surface area contributed by atoms with Crippen molar-refractivity contribution in [1.29, 1.82) is 0 Å². The Morgan fingerprint density at radius 1 is 1.00 bits per heavy atom. The third-order valence-corrected chi connectivity index (χ3v) is 5.88. The standard InChI is InChI=1S/C27H31N3O.C2H6/c1-3-28-27-12-11-23(15-20(27)2)22-9-6-10-25(16-22)29-17-26(31)19-30-14-13-21-7-4-5-8-24(21)18-30;1-2/h3-12,15-16,26,29,31H,13-14,17-19H2,1-2H3;1-2H3. The molecular formula is C29H37N3O. The van der Waals surface area contributed by atoms with E-state index in [0.717, 1.165) is 42.0 Å². The van der Waals surface area contributed by atoms with E-state index in [-0.39, 0.29) is 0 Å². The third-order valence-electron chi connectivity index (χ3n) is 5.88. The summed E-state index contributed by atoms with van der Waals surface area (Å²) in [5, 5.41) is 14.0. The zero-order valence-corrected chi connectivity index (χ0v) is 20.4. The van der Waals surface area contributed by atoms with Gasteiger partial charge in [-0.3, -0.25) is 9.89 Å². The van der Waals surface area contributed by atoms with Crippen molar-refractivity contribution in [2.75, 3.05) is 25.0 Å². The van der Waals surface area contributed by atoms with Gasteiger partial charge in [0, 0.05) is 38.1 Å². The van der Waals surface area contributed by atoms with Crippen LogP contribution in [-0.4, -0.2) is 42.0 Å². The molecule has 1 heterocycles. The zero-order valence-electron chi connectivity index (χ0n) is 20.4. The van der Waals surface area contributed by atoms with E-state index in [1.165, 1.54) is 16.7 Å². The lowest BCUT2D eigenvalue weighted by Crippen LogP contribution is -2.39. The third kappa shape index (κ3) is 6.77. The Balaban J connectivity index is 0.00000149. The van der Waals surface area contributed by atoms with Gasteiger partial charge in [0.1, 0.15) is 0 Å². The molecule has 0 radical (unpaired) electrons. The lowest BCUT2D eigenvalue weighted by molar-refractivity contribution is 0.114. The van der Waals surface area contributed by atoms with E-state index < -0.39 is 6.10 Å². The van der Waals surface area contributed by atoms with Gasteiger partial charge < -0.3 is 10.4 Å². The Bertz CT molecular complexity index is 1060. The molecule has 4 rings (SSSR count). The van der Waals surface area contributed by atoms with E-state index in [0.29, 0.717) is 13.1 Å². The molecule has 0 bridgehead atoms. The number of aliphatic hydroxyl groups is 1. The number of fused-ring (bicyclic) bond motifs is 1. The smallest absolute Gasteiger partial charge is 0.0839 e. The quantitative estimate of drug-likeness (QED) is 0.425. The maximum Gasteiger partial charge on any atom is 0.0839 e. The fourth-order valence-electron chi connectivity index (χ4n) is 4.24. The molecular weight excluding hydrogens is 406 g/mol. The van der Waals surface area contributed by atoms with E-state index in [4.69, 9.17) is 0 Å². The number of benzene rings is 3. The summed E-state index contributed by atoms with van der Waals surface area (Å²) in [6.45, 7) is 11.1. The first kappa shape index (κ1) is 24.7. The van der Waals surface area contributed by atoms with E-state index in [2.05, 4.69) is 88.9 Å². The topological polar surface area (TPSA) is 47.9 Å². The molecule has 174 valence electrons. The number of nitrogens with zero attached hydrogens (tertiary/aromatic N) is 2. The first-order valence-corrected chi connectivity index (χ1v) is 12.0. The number of anilines is 1. The molecule has 3 aromatic rings. The van der Waals surface area contributed by atoms with Crippen LogP contribution in [0.5, 0.6) is 0 Å². The van der Waals surface area contributed by atoms with Crippen LogP contribution in [0.3, 0.4) is 0 Å². The highest BCUT2D eigenvalue weighted by molar-refractivity contribution is 5.72. The van der Waals surface area contributed by atoms with Gasteiger partial charge in [-0.25, -0.2) is 0 Å². The van der Waals surface area contributed by atoms with E-state index in [1.807, 2.05) is 27.0 Å². The maximum atomic E-state index is 10.6. The first-order chi connectivity index (χ1) is 16.1. The molecule has 0 saturated carbocycles. The molecule has 2 N–H and O–H groups in total. The Morgan fingerprint density at radius 2 is 1.76 bits per heavy atom. The van der Waals surface area contributed by atoms with Gasteiger partial charge in [0.15, 0.2) is 0 Å². The average Bonchev–Trinajstić information content (AvgIpc) is 2.85. The molecule has 0 spiro atoms. The van der Waals surface area contributed by atoms with E-state index in [9.17, 15) is 5.11 Å². The fourth-order valence-corrected chi connectivity index (χ4v) is 4.24. The van der Waals surface area contributed by atoms with Crippen molar-refractivity contribution in [3.8, 4) is 11.1 Å². The molecule has 0 amide bonds. The minimum Gasteiger partial charge on any atom is -0.390 e. The molecule has 4 heteroatoms. The van der Waals surface area contributed by atoms with Gasteiger partial charge in [-0.05, 0) is 72.4 Å². The van der Waals surface area contributed by atoms with Crippen molar-refractivity contribution < 1.29 is 5.11 Å². The summed E-state index contributed by atoms with van der Waals surface area (Å²) >= 11 is 0. The van der Waals surface area contributed by atoms with Gasteiger partial charge in [0.25, 0.3) is 0 Å². The van der Waals surface area contributed by atoms with Crippen LogP contribution in [0, 0.1) is 6.92 Å². The van der Waals surface area contributed by atoms with Crippen LogP contribution in [0.4, 0.5) is 11.4 Å². The van der Waals surface area contributed by atoms with E-state index in [1.54, 1.807) is 0 Å². The molecule has 0 aromatic heterocycles. The monoisotopic (exact) mass is 443 g/mol. The van der Waals surface area contributed by atoms with Gasteiger partial charge in [0.2, 0.25) is 0 Å². The number of hydrogen-bond acceptors (Lipinski definition) is 4. The summed E-state index contributed by atoms with van der Waals surface area (Å²) in [7, 11) is 0. The van der Waals surface area contributed by atoms with Crippen LogP contribution < -0.4 is 5.32 Å². The Labute approximate surface area is 199 Å². The van der Waals surface area contributed by atoms with E-state index >= 15 is 0 Å². The average molecular weight is 444 g/mol. The molecule has 0 aliphatic carbocycles. The lowest BCUT2D eigenvalue weighted by atomic mass is 10.00. The number of aliphatic hydroxyl groups excluding tert-OH is 1. The summed E-state index contributed by atoms with van der Waals surface area (Å²) in [5.41, 5.74) is 8.33. The highest BCUT2D eigenvalue weighted by Gasteiger charge is 2.18. The molecule has 33 heavy (non-hydrogen) atoms. The molecule has 1 aliphatic heterocycles. The first-order valence-electron chi connectivity index (χ1n) is 12.0. The van der Waals surface area contributed by atoms with Gasteiger partial charge in [-0.15, -0.1) is 0 Å². The summed E-state index contributed by atoms with van der Waals surface area (Å²) in [6.07, 6.45) is 2.46. The molecule has 1 unspecified atom stereocenters. The second-order valence-corrected chi connectivity index (χ2v) is 8.26. The molecule has 3 aromatic carbocycles. The Kier molecular flexibility index (Phi) is 9.23. The zero-order chi connectivity index (χ0) is 23.6. The van der Waals surface area contributed by atoms with Crippen molar-refractivity contribution in [1.82, 2.24) is 4.90 Å². The summed E-state index contributed by atoms with van der Waals surface area (Å²) in [5.74, 6) is 0. The number of aryl methyl sites for hydroxylation is 1. The van der Waals surface area contributed by atoms with Crippen molar-refractivity contribution in [2.24, 2.45) is 4.99 Å². The normalized spacial score (nSPS) is 14.3. The summed E-state index contributed by atoms with van der Waals surface area (Å²) in [4.78, 5) is 6.74. The van der Waals surface area contributed by atoms with Crippen LogP contribution in [0.2, 0.25) is 0 Å². The van der Waals surface area contributed by atoms with Crippen molar-refractivity contribution >= 4 is 17.6 Å². The number of nitrogens with one attached hydrogen (secondary N) is 1. The molecule has 4 nitrogen and oxygen atoms in total. The lowest BCUT2D eigenvalue weighted by Gasteiger charge is -2.30. The SMILES string of the molecule is CC.CC=Nc1ccc(-c2cccc(NCC(O)CN3CCc4ccccc4C3)c2)cc1C. The molecule has 1 aliphatic rings. The highest BCUT2D eigenvalue weighted by Crippen LogP contribution is 2.28. The molecule has 1 atom stereocenters. The fraction of sp³-hybridized carbons (Fsp3) is 0.345. The highest BCUT2D eigenvalue weighted by atomic mass is 16.3. The summed E-state index contributed by atoms with van der Waals surface area (Å²) in [6, 6.07) is 23.3. The minimum atomic E-state index is -0.414. The maximum absolute atomic E-state index is 10.6. The van der Waals surface area contributed by atoms with Gasteiger partial charge in [-0.1, -0.05) is 56.3 Å². The second-order valence-electron chi connectivity index (χ2n) is 8.26. The predicted octanol–water partition coefficient (Wildman–Crippen LogP) is 6.24. The van der Waals surface area contributed by atoms with Crippen LogP contribution >= 0.6 is 0 Å². The Hall–Kier alpha value is -2.95. The number of rotatable bonds is 7. The van der Waals surface area contributed by atoms with Gasteiger partial charge >= 0.3 is 0 Å². The largest absolute Gasteiger partial charge is 0.390 e. The van der Waals surface area contributed by atoms with Crippen molar-refractivity contribution in [3.05, 3.63) is 83.4 Å². The van der Waals surface area contributed by atoms with Crippen LogP contribution in [0.1, 0.15) is 37.5 Å². The second kappa shape index (κ2) is 12.3. The number of β-amino-alcohol motifs (C(OH)–C–C–N with tert-alkyl or cyclic N) is 1. The number of aliphatic imine (C=N–C) groups is 1. The van der Waals surface area contributed by atoms with Crippen molar-refractivity contribution in [2.45, 2.75) is 46.8 Å². The van der Waals surface area contributed by atoms with Crippen LogP contribution in [0.25, 0.3) is 11.1 Å².